The van der Waals surface area contributed by atoms with Crippen LogP contribution in [0.2, 0.25) is 0 Å². The van der Waals surface area contributed by atoms with E-state index in [1.54, 1.807) is 6.07 Å². The van der Waals surface area contributed by atoms with Crippen LogP contribution in [-0.2, 0) is 0 Å². The van der Waals surface area contributed by atoms with Gasteiger partial charge in [-0.15, -0.1) is 0 Å². The largest absolute Gasteiger partial charge is 0.371 e. The molecule has 4 heteroatoms. The zero-order valence-corrected chi connectivity index (χ0v) is 14.7. The van der Waals surface area contributed by atoms with Crippen LogP contribution in [0.3, 0.4) is 0 Å². The number of amides is 1. The highest BCUT2D eigenvalue weighted by molar-refractivity contribution is 6.33. The molecule has 4 rings (SSSR count). The molecule has 1 aliphatic carbocycles. The molecule has 1 spiro atoms. The zero-order valence-electron chi connectivity index (χ0n) is 14.7. The normalized spacial score (nSPS) is 18.2. The van der Waals surface area contributed by atoms with Gasteiger partial charge in [-0.2, -0.15) is 0 Å². The van der Waals surface area contributed by atoms with E-state index in [1.807, 2.05) is 43.3 Å². The quantitative estimate of drug-likeness (QED) is 0.875. The molecule has 1 heterocycles. The number of hydrogen-bond acceptors (Lipinski definition) is 2. The molecule has 3 nitrogen and oxygen atoms in total. The number of benzene rings is 2. The Morgan fingerprint density at radius 2 is 1.84 bits per heavy atom. The van der Waals surface area contributed by atoms with Gasteiger partial charge < -0.3 is 10.2 Å². The number of anilines is 2. The van der Waals surface area contributed by atoms with Gasteiger partial charge >= 0.3 is 0 Å². The van der Waals surface area contributed by atoms with E-state index >= 15 is 0 Å². The monoisotopic (exact) mass is 330 g/mol. The van der Waals surface area contributed by atoms with Crippen molar-refractivity contribution in [2.75, 3.05) is 23.3 Å². The van der Waals surface area contributed by atoms with E-state index < -0.39 is 0 Å². The van der Waals surface area contributed by atoms with Gasteiger partial charge in [0, 0.05) is 24.5 Å². The fourth-order valence-electron chi connectivity index (χ4n) is 3.82. The van der Waals surface area contributed by atoms with E-state index in [9.17, 15) is 4.79 Å². The van der Waals surface area contributed by atoms with Crippen molar-refractivity contribution in [1.82, 2.24) is 0 Å². The minimum absolute atomic E-state index is 0.0766. The number of nitrogens with zero attached hydrogens (tertiary/aromatic N) is 1. The molecular weight excluding hydrogens is 307 g/mol. The average Bonchev–Trinajstić information content (AvgIpc) is 3.34. The Hall–Kier alpha value is -2.23. The molecule has 0 aromatic heterocycles. The first kappa shape index (κ1) is 16.3. The summed E-state index contributed by atoms with van der Waals surface area (Å²) in [5, 5.41) is 3.02. The Morgan fingerprint density at radius 1 is 1.08 bits per heavy atom. The van der Waals surface area contributed by atoms with Gasteiger partial charge in [0.15, 0.2) is 0 Å². The fraction of sp³-hybridized carbons (Fsp3) is 0.381. The van der Waals surface area contributed by atoms with Gasteiger partial charge in [-0.3, -0.25) is 4.79 Å². The molecule has 1 saturated heterocycles. The summed E-state index contributed by atoms with van der Waals surface area (Å²) in [5.41, 5.74) is 4.92. The predicted octanol–water partition coefficient (Wildman–Crippen LogP) is 3.42. The van der Waals surface area contributed by atoms with Crippen LogP contribution in [0.1, 0.15) is 41.6 Å². The zero-order chi connectivity index (χ0) is 17.4. The van der Waals surface area contributed by atoms with Crippen molar-refractivity contribution < 1.29 is 4.79 Å². The molecule has 1 saturated carbocycles. The Balaban J connectivity index is 1.57. The predicted molar refractivity (Wildman–Crippen MR) is 104 cm³/mol. The molecule has 2 fully saturated rings. The second kappa shape index (κ2) is 6.25. The van der Waals surface area contributed by atoms with Crippen molar-refractivity contribution in [3.05, 3.63) is 53.6 Å². The molecule has 0 atom stereocenters. The first-order chi connectivity index (χ1) is 12.0. The lowest BCUT2D eigenvalue weighted by Gasteiger charge is -2.35. The molecule has 2 aromatic rings. The number of carbonyl (C=O) groups is 1. The van der Waals surface area contributed by atoms with E-state index in [1.165, 1.54) is 25.7 Å². The number of carbonyl (C=O) groups excluding carboxylic acids is 1. The molecular formula is C21H23BN2O. The van der Waals surface area contributed by atoms with Crippen molar-refractivity contribution in [3.8, 4) is 0 Å². The Labute approximate surface area is 150 Å². The van der Waals surface area contributed by atoms with E-state index in [-0.39, 0.29) is 5.91 Å². The number of hydrogen-bond donors (Lipinski definition) is 1. The first-order valence-electron chi connectivity index (χ1n) is 9.07. The Bertz CT molecular complexity index is 803. The van der Waals surface area contributed by atoms with Crippen molar-refractivity contribution in [2.24, 2.45) is 5.41 Å². The third-order valence-corrected chi connectivity index (χ3v) is 5.66. The van der Waals surface area contributed by atoms with Gasteiger partial charge in [0.1, 0.15) is 7.85 Å². The van der Waals surface area contributed by atoms with Crippen LogP contribution in [0.25, 0.3) is 0 Å². The number of aryl methyl sites for hydroxylation is 1. The minimum Gasteiger partial charge on any atom is -0.371 e. The summed E-state index contributed by atoms with van der Waals surface area (Å²) < 4.78 is 0. The highest BCUT2D eigenvalue weighted by Gasteiger charge is 2.44. The maximum Gasteiger partial charge on any atom is 0.257 e. The van der Waals surface area contributed by atoms with Gasteiger partial charge in [-0.25, -0.2) is 0 Å². The molecule has 1 aliphatic heterocycles. The molecule has 0 unspecified atom stereocenters. The number of nitrogens with one attached hydrogen (secondary N) is 1. The third kappa shape index (κ3) is 3.44. The van der Waals surface area contributed by atoms with Crippen LogP contribution < -0.4 is 15.7 Å². The highest BCUT2D eigenvalue weighted by atomic mass is 16.1. The van der Waals surface area contributed by atoms with Crippen molar-refractivity contribution in [2.45, 2.75) is 32.6 Å². The second-order valence-electron chi connectivity index (χ2n) is 7.59. The van der Waals surface area contributed by atoms with E-state index in [4.69, 9.17) is 7.85 Å². The summed E-state index contributed by atoms with van der Waals surface area (Å²) in [6.45, 7) is 4.04. The lowest BCUT2D eigenvalue weighted by atomic mass is 9.90. The molecule has 0 bridgehead atoms. The van der Waals surface area contributed by atoms with Gasteiger partial charge in [-0.1, -0.05) is 23.7 Å². The second-order valence-corrected chi connectivity index (χ2v) is 7.59. The molecule has 126 valence electrons. The highest BCUT2D eigenvalue weighted by Crippen LogP contribution is 2.54. The molecule has 25 heavy (non-hydrogen) atoms. The lowest BCUT2D eigenvalue weighted by Crippen LogP contribution is -2.36. The van der Waals surface area contributed by atoms with E-state index in [0.29, 0.717) is 16.4 Å². The van der Waals surface area contributed by atoms with Crippen LogP contribution >= 0.6 is 0 Å². The van der Waals surface area contributed by atoms with Crippen LogP contribution in [0.5, 0.6) is 0 Å². The molecule has 2 aliphatic rings. The fourth-order valence-corrected chi connectivity index (χ4v) is 3.82. The van der Waals surface area contributed by atoms with E-state index in [0.717, 1.165) is 30.0 Å². The summed E-state index contributed by atoms with van der Waals surface area (Å²) in [6, 6.07) is 13.5. The minimum atomic E-state index is -0.0766. The molecule has 1 N–H and O–H groups in total. The summed E-state index contributed by atoms with van der Waals surface area (Å²) in [6.07, 6.45) is 5.19. The Kier molecular flexibility index (Phi) is 4.06. The number of piperidine rings is 1. The van der Waals surface area contributed by atoms with Gasteiger partial charge in [0.05, 0.1) is 5.56 Å². The lowest BCUT2D eigenvalue weighted by molar-refractivity contribution is 0.102. The standard InChI is InChI=1S/C21H23BN2O/c1-15-3-2-4-17(13-15)23-20(25)18-6-5-16(22)14-19(18)24-11-9-21(7-8-21)10-12-24/h2-6,13-14H,7-12H2,1H3,(H,23,25). The van der Waals surface area contributed by atoms with Gasteiger partial charge in [0.2, 0.25) is 0 Å². The van der Waals surface area contributed by atoms with Crippen molar-refractivity contribution in [1.29, 1.82) is 0 Å². The summed E-state index contributed by atoms with van der Waals surface area (Å²) in [4.78, 5) is 15.2. The number of rotatable bonds is 3. The van der Waals surface area contributed by atoms with Gasteiger partial charge in [0.25, 0.3) is 5.91 Å². The van der Waals surface area contributed by atoms with Crippen molar-refractivity contribution in [3.63, 3.8) is 0 Å². The summed E-state index contributed by atoms with van der Waals surface area (Å²) >= 11 is 0. The molecule has 2 radical (unpaired) electrons. The van der Waals surface area contributed by atoms with Crippen molar-refractivity contribution >= 4 is 30.6 Å². The third-order valence-electron chi connectivity index (χ3n) is 5.66. The molecule has 2 aromatic carbocycles. The molecule has 1 amide bonds. The Morgan fingerprint density at radius 3 is 2.52 bits per heavy atom. The average molecular weight is 330 g/mol. The van der Waals surface area contributed by atoms with Crippen LogP contribution in [-0.4, -0.2) is 26.8 Å². The SMILES string of the molecule is [B]c1ccc(C(=O)Nc2cccc(C)c2)c(N2CCC3(CC2)CC3)c1. The van der Waals surface area contributed by atoms with E-state index in [2.05, 4.69) is 10.2 Å². The maximum atomic E-state index is 12.9. The topological polar surface area (TPSA) is 32.3 Å². The smallest absolute Gasteiger partial charge is 0.257 e. The summed E-state index contributed by atoms with van der Waals surface area (Å²) in [5.74, 6) is -0.0766. The van der Waals surface area contributed by atoms with Crippen LogP contribution in [0, 0.1) is 12.3 Å². The van der Waals surface area contributed by atoms with Gasteiger partial charge in [-0.05, 0) is 67.9 Å². The first-order valence-corrected chi connectivity index (χ1v) is 9.07. The maximum absolute atomic E-state index is 12.9. The summed E-state index contributed by atoms with van der Waals surface area (Å²) in [7, 11) is 6.01. The van der Waals surface area contributed by atoms with Crippen LogP contribution in [0.15, 0.2) is 42.5 Å². The van der Waals surface area contributed by atoms with Crippen LogP contribution in [0.4, 0.5) is 11.4 Å².